The number of hydrogen-bond acceptors (Lipinski definition) is 4. The van der Waals surface area contributed by atoms with E-state index in [9.17, 15) is 0 Å². The summed E-state index contributed by atoms with van der Waals surface area (Å²) >= 11 is 0. The summed E-state index contributed by atoms with van der Waals surface area (Å²) in [6, 6.07) is 23.4. The Morgan fingerprint density at radius 2 is 1.44 bits per heavy atom. The molecule has 0 aromatic heterocycles. The van der Waals surface area contributed by atoms with Gasteiger partial charge in [-0.25, -0.2) is 0 Å². The highest BCUT2D eigenvalue weighted by atomic mass is 127. The average Bonchev–Trinajstić information content (AvgIpc) is 3.58. The van der Waals surface area contributed by atoms with Crippen LogP contribution in [0.4, 0.5) is 11.4 Å². The Hall–Kier alpha value is -1.18. The zero-order chi connectivity index (χ0) is 30.2. The Labute approximate surface area is 319 Å². The highest BCUT2D eigenvalue weighted by Crippen LogP contribution is 2.69. The van der Waals surface area contributed by atoms with Gasteiger partial charge in [0.05, 0.1) is 57.9 Å². The molecule has 6 nitrogen and oxygen atoms in total. The normalized spacial score (nSPS) is 49.2. The monoisotopic (exact) mass is 870 g/mol. The van der Waals surface area contributed by atoms with Crippen LogP contribution in [0.2, 0.25) is 0 Å². The molecule has 0 radical (unpaired) electrons. The van der Waals surface area contributed by atoms with Gasteiger partial charge < -0.3 is 76.2 Å². The number of nitrogens with zero attached hydrogens (tertiary/aromatic N) is 4. The Morgan fingerprint density at radius 1 is 0.750 bits per heavy atom. The van der Waals surface area contributed by atoms with Crippen LogP contribution in [-0.2, 0) is 14.9 Å². The van der Waals surface area contributed by atoms with Crippen molar-refractivity contribution in [2.24, 2.45) is 29.6 Å². The first-order chi connectivity index (χ1) is 22.5. The van der Waals surface area contributed by atoms with Crippen LogP contribution in [-0.4, -0.2) is 99.1 Å². The summed E-state index contributed by atoms with van der Waals surface area (Å²) in [7, 11) is 5.17. The maximum absolute atomic E-state index is 7.43. The first kappa shape index (κ1) is 31.5. The lowest BCUT2D eigenvalue weighted by Gasteiger charge is -2.65. The molecule has 7 fully saturated rings. The van der Waals surface area contributed by atoms with Gasteiger partial charge in [-0.1, -0.05) is 48.6 Å². The lowest BCUT2D eigenvalue weighted by atomic mass is 9.53. The predicted octanol–water partition coefficient (Wildman–Crippen LogP) is -1.07. The maximum Gasteiger partial charge on any atom is 0.136 e. The van der Waals surface area contributed by atoms with Crippen molar-refractivity contribution in [2.75, 3.05) is 63.3 Å². The summed E-state index contributed by atoms with van der Waals surface area (Å²) in [4.78, 5) is 5.90. The molecule has 5 saturated heterocycles. The maximum atomic E-state index is 7.43. The Kier molecular flexibility index (Phi) is 6.87. The van der Waals surface area contributed by atoms with Crippen LogP contribution in [0, 0.1) is 29.6 Å². The van der Waals surface area contributed by atoms with Gasteiger partial charge in [-0.2, -0.15) is 0 Å². The third kappa shape index (κ3) is 3.59. The molecule has 2 saturated carbocycles. The van der Waals surface area contributed by atoms with Gasteiger partial charge in [-0.15, -0.1) is 0 Å². The van der Waals surface area contributed by atoms with Gasteiger partial charge in [0.2, 0.25) is 0 Å². The molecule has 48 heavy (non-hydrogen) atoms. The lowest BCUT2D eigenvalue weighted by molar-refractivity contribution is -0.925. The minimum absolute atomic E-state index is 0. The fourth-order valence-corrected chi connectivity index (χ4v) is 14.7. The molecule has 0 N–H and O–H groups in total. The summed E-state index contributed by atoms with van der Waals surface area (Å²) in [5.74, 6) is 2.59. The summed E-state index contributed by atoms with van der Waals surface area (Å²) < 4.78 is 17.3. The van der Waals surface area contributed by atoms with Gasteiger partial charge in [-0.3, -0.25) is 0 Å². The first-order valence-corrected chi connectivity index (χ1v) is 18.5. The van der Waals surface area contributed by atoms with Crippen LogP contribution < -0.4 is 57.8 Å². The van der Waals surface area contributed by atoms with Crippen molar-refractivity contribution >= 4 is 11.4 Å². The van der Waals surface area contributed by atoms with Crippen LogP contribution >= 0.6 is 0 Å². The minimum Gasteiger partial charge on any atom is -1.00 e. The quantitative estimate of drug-likeness (QED) is 0.208. The molecule has 14 unspecified atom stereocenters. The molecule has 8 heterocycles. The van der Waals surface area contributed by atoms with Crippen LogP contribution in [0.3, 0.4) is 0 Å². The number of piperidine rings is 2. The third-order valence-corrected chi connectivity index (χ3v) is 16.1. The number of quaternary nitrogens is 2. The summed E-state index contributed by atoms with van der Waals surface area (Å²) in [5.41, 5.74) is 8.02. The van der Waals surface area contributed by atoms with Gasteiger partial charge >= 0.3 is 0 Å². The molecule has 254 valence electrons. The van der Waals surface area contributed by atoms with E-state index >= 15 is 0 Å². The molecule has 10 aliphatic rings. The molecular weight excluding hydrogens is 822 g/mol. The van der Waals surface area contributed by atoms with Gasteiger partial charge in [0, 0.05) is 72.7 Å². The second-order valence-corrected chi connectivity index (χ2v) is 17.5. The van der Waals surface area contributed by atoms with E-state index in [1.54, 1.807) is 16.7 Å². The molecule has 2 aliphatic carbocycles. The smallest absolute Gasteiger partial charge is 0.136 e. The van der Waals surface area contributed by atoms with Crippen LogP contribution in [0.15, 0.2) is 77.9 Å². The van der Waals surface area contributed by atoms with Crippen molar-refractivity contribution in [3.63, 3.8) is 0 Å². The van der Waals surface area contributed by atoms with E-state index in [0.29, 0.717) is 47.7 Å². The van der Waals surface area contributed by atoms with E-state index in [1.165, 1.54) is 72.2 Å². The van der Waals surface area contributed by atoms with E-state index in [0.717, 1.165) is 19.3 Å². The number of halogens is 2. The molecule has 1 spiro atoms. The molecule has 8 heteroatoms. The van der Waals surface area contributed by atoms with Crippen molar-refractivity contribution in [3.05, 3.63) is 83.5 Å². The second kappa shape index (κ2) is 10.5. The SMILES string of the molecule is C[N+]12CCC3C4C5C(CC31)C(=CCOC5N1c3ccccc3C35CC[N+]6(C)CC7=CCOC(C(C7CC36)C15)N4c1ccccc1)C2.[I-].[I-]. The molecule has 2 aromatic rings. The molecule has 0 amide bonds. The molecule has 8 aliphatic heterocycles. The van der Waals surface area contributed by atoms with Crippen molar-refractivity contribution in [1.82, 2.24) is 0 Å². The minimum atomic E-state index is 0. The summed E-state index contributed by atoms with van der Waals surface area (Å²) in [5, 5.41) is 0. The lowest BCUT2D eigenvalue weighted by Crippen LogP contribution is -3.00. The van der Waals surface area contributed by atoms with Gasteiger partial charge in [0.1, 0.15) is 31.6 Å². The van der Waals surface area contributed by atoms with Crippen molar-refractivity contribution in [2.45, 2.75) is 67.7 Å². The highest BCUT2D eigenvalue weighted by molar-refractivity contribution is 5.68. The largest absolute Gasteiger partial charge is 1.00 e. The predicted molar refractivity (Wildman–Crippen MR) is 178 cm³/mol. The number of para-hydroxylation sites is 2. The molecular formula is C40H48I2N4O2. The molecule has 14 atom stereocenters. The number of hydrogen-bond donors (Lipinski definition) is 0. The molecule has 12 rings (SSSR count). The van der Waals surface area contributed by atoms with E-state index in [2.05, 4.69) is 90.6 Å². The first-order valence-electron chi connectivity index (χ1n) is 18.5. The Bertz CT molecular complexity index is 1740. The number of rotatable bonds is 1. The van der Waals surface area contributed by atoms with Crippen LogP contribution in [0.5, 0.6) is 0 Å². The van der Waals surface area contributed by atoms with Crippen LogP contribution in [0.1, 0.15) is 31.2 Å². The Balaban J connectivity index is 0.00000148. The van der Waals surface area contributed by atoms with Crippen LogP contribution in [0.25, 0.3) is 0 Å². The Morgan fingerprint density at radius 3 is 2.23 bits per heavy atom. The zero-order valence-electron chi connectivity index (χ0n) is 28.1. The van der Waals surface area contributed by atoms with Gasteiger partial charge in [0.15, 0.2) is 0 Å². The molecule has 2 aromatic carbocycles. The summed E-state index contributed by atoms with van der Waals surface area (Å²) in [6.45, 7) is 6.48. The van der Waals surface area contributed by atoms with Crippen molar-refractivity contribution < 1.29 is 66.4 Å². The number of likely N-dealkylation sites (N-methyl/N-ethyl adjacent to an activating group) is 2. The average molecular weight is 871 g/mol. The van der Waals surface area contributed by atoms with E-state index in [4.69, 9.17) is 9.47 Å². The van der Waals surface area contributed by atoms with E-state index < -0.39 is 0 Å². The second-order valence-electron chi connectivity index (χ2n) is 17.5. The number of benzene rings is 2. The number of anilines is 2. The van der Waals surface area contributed by atoms with Gasteiger partial charge in [0.25, 0.3) is 0 Å². The van der Waals surface area contributed by atoms with Crippen molar-refractivity contribution in [1.29, 1.82) is 0 Å². The summed E-state index contributed by atoms with van der Waals surface area (Å²) in [6.07, 6.45) is 10.4. The van der Waals surface area contributed by atoms with E-state index in [-0.39, 0.29) is 65.8 Å². The fourth-order valence-electron chi connectivity index (χ4n) is 14.7. The number of ether oxygens (including phenoxy) is 2. The molecule has 4 bridgehead atoms. The third-order valence-electron chi connectivity index (χ3n) is 16.1. The fraction of sp³-hybridized carbons (Fsp3) is 0.600. The number of fused-ring (bicyclic) bond motifs is 4. The van der Waals surface area contributed by atoms with Crippen molar-refractivity contribution in [3.8, 4) is 0 Å². The highest BCUT2D eigenvalue weighted by Gasteiger charge is 2.77. The standard InChI is InChI=1S/C40H48N4O2.2HI/c1-43-16-12-27-32(43)20-28-24(22-43)13-18-45-38-34(28)36(27)41(26-8-4-3-5-9-26)39-35-29-21-33-40(15-17-44(33,2)23-25(29)14-19-46-39)30-10-6-7-11-31(30)42(38)37(35)40;;/h3-11,13-14,27-29,32-39H,12,15-23H2,1-2H3;2*1H/q+2;;/p-2. The van der Waals surface area contributed by atoms with E-state index in [1.807, 2.05) is 0 Å². The van der Waals surface area contributed by atoms with Gasteiger partial charge in [-0.05, 0) is 34.9 Å². The topological polar surface area (TPSA) is 24.9 Å². The zero-order valence-corrected chi connectivity index (χ0v) is 32.4.